The molecule has 0 saturated heterocycles. The molecule has 0 bridgehead atoms. The van der Waals surface area contributed by atoms with Crippen LogP contribution in [0.1, 0.15) is 19.4 Å². The Morgan fingerprint density at radius 1 is 0.952 bits per heavy atom. The topological polar surface area (TPSA) is 71.1 Å². The predicted octanol–water partition coefficient (Wildman–Crippen LogP) is 2.94. The summed E-state index contributed by atoms with van der Waals surface area (Å²) < 4.78 is 19.4. The van der Waals surface area contributed by atoms with Gasteiger partial charge in [0.05, 0.1) is 13.2 Å². The summed E-state index contributed by atoms with van der Waals surface area (Å²) in [4.78, 5) is 22.6. The lowest BCUT2D eigenvalue weighted by Gasteiger charge is -2.17. The molecule has 0 aliphatic heterocycles. The van der Waals surface area contributed by atoms with E-state index in [1.807, 2.05) is 30.3 Å². The maximum atomic E-state index is 11.4. The molecule has 6 heteroatoms. The van der Waals surface area contributed by atoms with Crippen LogP contribution in [0.3, 0.4) is 0 Å². The molecular weight excluding hydrogens is 276 g/mol. The van der Waals surface area contributed by atoms with E-state index in [-0.39, 0.29) is 19.8 Å². The van der Waals surface area contributed by atoms with Crippen LogP contribution in [0.4, 0.5) is 9.59 Å². The first-order chi connectivity index (χ1) is 10.2. The SMILES string of the molecule is CCOC(=O)OCC(Cc1ccccc1)OC(=O)OCC. The molecule has 0 amide bonds. The maximum Gasteiger partial charge on any atom is 0.508 e. The van der Waals surface area contributed by atoms with Crippen LogP contribution in [0.5, 0.6) is 0 Å². The molecule has 0 heterocycles. The van der Waals surface area contributed by atoms with E-state index in [2.05, 4.69) is 4.74 Å². The molecule has 1 rings (SSSR count). The summed E-state index contributed by atoms with van der Waals surface area (Å²) in [5.74, 6) is 0. The van der Waals surface area contributed by atoms with E-state index >= 15 is 0 Å². The minimum Gasteiger partial charge on any atom is -0.435 e. The highest BCUT2D eigenvalue weighted by Crippen LogP contribution is 2.08. The first-order valence-corrected chi connectivity index (χ1v) is 6.82. The van der Waals surface area contributed by atoms with Crippen molar-refractivity contribution in [1.29, 1.82) is 0 Å². The Morgan fingerprint density at radius 3 is 2.19 bits per heavy atom. The third kappa shape index (κ3) is 7.20. The van der Waals surface area contributed by atoms with E-state index in [1.54, 1.807) is 13.8 Å². The summed E-state index contributed by atoms with van der Waals surface area (Å²) >= 11 is 0. The summed E-state index contributed by atoms with van der Waals surface area (Å²) in [5, 5.41) is 0. The minimum atomic E-state index is -0.789. The highest BCUT2D eigenvalue weighted by Gasteiger charge is 2.18. The van der Waals surface area contributed by atoms with Gasteiger partial charge in [-0.1, -0.05) is 30.3 Å². The van der Waals surface area contributed by atoms with Crippen LogP contribution in [0.15, 0.2) is 30.3 Å². The van der Waals surface area contributed by atoms with Crippen molar-refractivity contribution in [3.63, 3.8) is 0 Å². The number of benzene rings is 1. The Bertz CT molecular complexity index is 431. The predicted molar refractivity (Wildman–Crippen MR) is 75.0 cm³/mol. The third-order valence-electron chi connectivity index (χ3n) is 2.48. The van der Waals surface area contributed by atoms with Crippen molar-refractivity contribution in [3.8, 4) is 0 Å². The summed E-state index contributed by atoms with van der Waals surface area (Å²) in [5.41, 5.74) is 0.958. The van der Waals surface area contributed by atoms with E-state index in [9.17, 15) is 9.59 Å². The van der Waals surface area contributed by atoms with Crippen molar-refractivity contribution in [3.05, 3.63) is 35.9 Å². The molecule has 21 heavy (non-hydrogen) atoms. The van der Waals surface area contributed by atoms with Gasteiger partial charge in [0.15, 0.2) is 0 Å². The van der Waals surface area contributed by atoms with Crippen LogP contribution in [0.2, 0.25) is 0 Å². The van der Waals surface area contributed by atoms with Gasteiger partial charge in [-0.2, -0.15) is 0 Å². The molecule has 0 aliphatic rings. The Morgan fingerprint density at radius 2 is 1.57 bits per heavy atom. The van der Waals surface area contributed by atoms with Crippen molar-refractivity contribution >= 4 is 12.3 Å². The molecule has 1 aromatic rings. The Hall–Kier alpha value is -2.24. The smallest absolute Gasteiger partial charge is 0.435 e. The molecule has 0 N–H and O–H groups in total. The molecule has 116 valence electrons. The monoisotopic (exact) mass is 296 g/mol. The van der Waals surface area contributed by atoms with E-state index < -0.39 is 18.4 Å². The van der Waals surface area contributed by atoms with Gasteiger partial charge in [-0.15, -0.1) is 0 Å². The lowest BCUT2D eigenvalue weighted by atomic mass is 10.1. The van der Waals surface area contributed by atoms with Gasteiger partial charge in [0.2, 0.25) is 0 Å². The highest BCUT2D eigenvalue weighted by molar-refractivity contribution is 5.61. The average molecular weight is 296 g/mol. The number of hydrogen-bond donors (Lipinski definition) is 0. The van der Waals surface area contributed by atoms with Gasteiger partial charge in [0.25, 0.3) is 0 Å². The zero-order valence-electron chi connectivity index (χ0n) is 12.2. The van der Waals surface area contributed by atoms with Crippen molar-refractivity contribution in [2.24, 2.45) is 0 Å². The van der Waals surface area contributed by atoms with E-state index in [1.165, 1.54) is 0 Å². The van der Waals surface area contributed by atoms with Gasteiger partial charge < -0.3 is 18.9 Å². The molecule has 6 nitrogen and oxygen atoms in total. The first kappa shape index (κ1) is 16.8. The number of rotatable bonds is 7. The fourth-order valence-electron chi connectivity index (χ4n) is 1.62. The van der Waals surface area contributed by atoms with Gasteiger partial charge in [-0.25, -0.2) is 9.59 Å². The first-order valence-electron chi connectivity index (χ1n) is 6.82. The van der Waals surface area contributed by atoms with Crippen molar-refractivity contribution < 1.29 is 28.5 Å². The zero-order chi connectivity index (χ0) is 15.5. The van der Waals surface area contributed by atoms with Gasteiger partial charge in [0.1, 0.15) is 12.7 Å². The Balaban J connectivity index is 2.56. The van der Waals surface area contributed by atoms with Crippen LogP contribution in [-0.4, -0.2) is 38.2 Å². The van der Waals surface area contributed by atoms with Crippen molar-refractivity contribution in [2.45, 2.75) is 26.4 Å². The van der Waals surface area contributed by atoms with E-state index in [4.69, 9.17) is 14.2 Å². The summed E-state index contributed by atoms with van der Waals surface area (Å²) in [7, 11) is 0. The van der Waals surface area contributed by atoms with Crippen molar-refractivity contribution in [1.82, 2.24) is 0 Å². The quantitative estimate of drug-likeness (QED) is 0.720. The number of carbonyl (C=O) groups is 2. The van der Waals surface area contributed by atoms with E-state index in [0.717, 1.165) is 5.56 Å². The summed E-state index contributed by atoms with van der Waals surface area (Å²) in [6.45, 7) is 3.71. The largest absolute Gasteiger partial charge is 0.508 e. The van der Waals surface area contributed by atoms with Crippen molar-refractivity contribution in [2.75, 3.05) is 19.8 Å². The number of hydrogen-bond acceptors (Lipinski definition) is 6. The van der Waals surface area contributed by atoms with Crippen LogP contribution >= 0.6 is 0 Å². The molecule has 0 aliphatic carbocycles. The second-order valence-corrected chi connectivity index (χ2v) is 4.11. The molecule has 1 unspecified atom stereocenters. The second kappa shape index (κ2) is 9.63. The molecule has 0 fully saturated rings. The fraction of sp³-hybridized carbons (Fsp3) is 0.467. The molecule has 0 radical (unpaired) electrons. The summed E-state index contributed by atoms with van der Waals surface area (Å²) in [6, 6.07) is 9.43. The zero-order valence-corrected chi connectivity index (χ0v) is 12.2. The third-order valence-corrected chi connectivity index (χ3v) is 2.48. The summed E-state index contributed by atoms with van der Waals surface area (Å²) in [6.07, 6.45) is -1.79. The van der Waals surface area contributed by atoms with Gasteiger partial charge in [0, 0.05) is 6.42 Å². The molecular formula is C15H20O6. The van der Waals surface area contributed by atoms with Crippen LogP contribution in [0, 0.1) is 0 Å². The maximum absolute atomic E-state index is 11.4. The molecule has 1 atom stereocenters. The highest BCUT2D eigenvalue weighted by atomic mass is 16.7. The lowest BCUT2D eigenvalue weighted by molar-refractivity contribution is -0.0143. The van der Waals surface area contributed by atoms with Crippen LogP contribution < -0.4 is 0 Å². The van der Waals surface area contributed by atoms with Crippen LogP contribution in [0.25, 0.3) is 0 Å². The lowest BCUT2D eigenvalue weighted by Crippen LogP contribution is -2.28. The Kier molecular flexibility index (Phi) is 7.71. The number of ether oxygens (including phenoxy) is 4. The molecule has 0 aromatic heterocycles. The standard InChI is InChI=1S/C15H20O6/c1-3-18-14(16)20-11-13(21-15(17)19-4-2)10-12-8-6-5-7-9-12/h5-9,13H,3-4,10-11H2,1-2H3. The number of carbonyl (C=O) groups excluding carboxylic acids is 2. The fourth-order valence-corrected chi connectivity index (χ4v) is 1.62. The van der Waals surface area contributed by atoms with E-state index in [0.29, 0.717) is 6.42 Å². The second-order valence-electron chi connectivity index (χ2n) is 4.11. The van der Waals surface area contributed by atoms with Gasteiger partial charge in [-0.3, -0.25) is 0 Å². The molecule has 0 saturated carbocycles. The Labute approximate surface area is 123 Å². The van der Waals surface area contributed by atoms with Gasteiger partial charge in [-0.05, 0) is 19.4 Å². The molecule has 0 spiro atoms. The normalized spacial score (nSPS) is 11.3. The van der Waals surface area contributed by atoms with Crippen LogP contribution in [-0.2, 0) is 25.4 Å². The molecule has 1 aromatic carbocycles. The average Bonchev–Trinajstić information content (AvgIpc) is 2.46. The minimum absolute atomic E-state index is 0.0907. The van der Waals surface area contributed by atoms with Gasteiger partial charge >= 0.3 is 12.3 Å².